The van der Waals surface area contributed by atoms with Gasteiger partial charge in [-0.15, -0.1) is 11.6 Å². The van der Waals surface area contributed by atoms with Crippen LogP contribution in [-0.2, 0) is 19.4 Å². The van der Waals surface area contributed by atoms with Gasteiger partial charge in [0.1, 0.15) is 0 Å². The topological polar surface area (TPSA) is 17.8 Å². The van der Waals surface area contributed by atoms with Crippen molar-refractivity contribution in [3.63, 3.8) is 0 Å². The third kappa shape index (κ3) is 3.86. The molecule has 1 unspecified atom stereocenters. The van der Waals surface area contributed by atoms with E-state index in [1.54, 1.807) is 0 Å². The van der Waals surface area contributed by atoms with Gasteiger partial charge in [-0.25, -0.2) is 0 Å². The lowest BCUT2D eigenvalue weighted by Gasteiger charge is -2.15. The Labute approximate surface area is 126 Å². The Balaban J connectivity index is 2.06. The fourth-order valence-electron chi connectivity index (χ4n) is 2.57. The minimum atomic E-state index is 0.459. The summed E-state index contributed by atoms with van der Waals surface area (Å²) < 4.78 is 2.09. The second kappa shape index (κ2) is 6.94. The van der Waals surface area contributed by atoms with Crippen LogP contribution in [0.5, 0.6) is 0 Å². The summed E-state index contributed by atoms with van der Waals surface area (Å²) in [4.78, 5) is 0. The van der Waals surface area contributed by atoms with Crippen molar-refractivity contribution >= 4 is 11.6 Å². The van der Waals surface area contributed by atoms with Crippen LogP contribution in [0.15, 0.2) is 30.3 Å². The fraction of sp³-hybridized carbons (Fsp3) is 0.471. The lowest BCUT2D eigenvalue weighted by atomic mass is 9.96. The van der Waals surface area contributed by atoms with E-state index in [4.69, 9.17) is 11.6 Å². The van der Waals surface area contributed by atoms with E-state index in [2.05, 4.69) is 54.0 Å². The first-order valence-electron chi connectivity index (χ1n) is 7.27. The maximum Gasteiger partial charge on any atom is 0.0596 e. The Bertz CT molecular complexity index is 543. The molecule has 0 saturated carbocycles. The minimum Gasteiger partial charge on any atom is -0.270 e. The average molecular weight is 291 g/mol. The minimum absolute atomic E-state index is 0.459. The Kier molecular flexibility index (Phi) is 5.24. The van der Waals surface area contributed by atoms with Gasteiger partial charge in [0.2, 0.25) is 0 Å². The van der Waals surface area contributed by atoms with Gasteiger partial charge in [0.25, 0.3) is 0 Å². The van der Waals surface area contributed by atoms with Crippen LogP contribution in [0.25, 0.3) is 0 Å². The van der Waals surface area contributed by atoms with Gasteiger partial charge in [-0.05, 0) is 51.2 Å². The maximum absolute atomic E-state index is 6.17. The summed E-state index contributed by atoms with van der Waals surface area (Å²) in [5, 5.41) is 4.51. The second-order valence-electron chi connectivity index (χ2n) is 5.51. The number of benzene rings is 1. The highest BCUT2D eigenvalue weighted by Gasteiger charge is 2.13. The molecule has 0 fully saturated rings. The van der Waals surface area contributed by atoms with E-state index < -0.39 is 0 Å². The molecule has 0 radical (unpaired) electrons. The van der Waals surface area contributed by atoms with E-state index in [0.717, 1.165) is 25.1 Å². The van der Waals surface area contributed by atoms with E-state index in [1.165, 1.54) is 16.8 Å². The molecular formula is C17H23ClN2. The van der Waals surface area contributed by atoms with Gasteiger partial charge in [0.05, 0.1) is 5.69 Å². The largest absolute Gasteiger partial charge is 0.270 e. The standard InChI is InChI=1S/C17H23ClN2/c1-4-20-17(9-14(3)19-20)11-16(12-18)10-15-7-5-13(2)6-8-15/h5-9,16H,4,10-12H2,1-3H3. The van der Waals surface area contributed by atoms with Gasteiger partial charge in [-0.3, -0.25) is 4.68 Å². The van der Waals surface area contributed by atoms with E-state index >= 15 is 0 Å². The molecule has 0 aliphatic carbocycles. The van der Waals surface area contributed by atoms with Crippen LogP contribution in [0.4, 0.5) is 0 Å². The van der Waals surface area contributed by atoms with Crippen LogP contribution in [0, 0.1) is 19.8 Å². The molecule has 3 heteroatoms. The normalized spacial score (nSPS) is 12.6. The van der Waals surface area contributed by atoms with E-state index in [1.807, 2.05) is 6.92 Å². The van der Waals surface area contributed by atoms with Crippen LogP contribution < -0.4 is 0 Å². The SMILES string of the molecule is CCn1nc(C)cc1CC(CCl)Cc1ccc(C)cc1. The zero-order valence-electron chi connectivity index (χ0n) is 12.6. The van der Waals surface area contributed by atoms with Gasteiger partial charge in [0, 0.05) is 18.1 Å². The third-order valence-corrected chi connectivity index (χ3v) is 4.08. The predicted molar refractivity (Wildman–Crippen MR) is 85.4 cm³/mol. The van der Waals surface area contributed by atoms with Crippen LogP contribution in [0.2, 0.25) is 0 Å². The third-order valence-electron chi connectivity index (χ3n) is 3.65. The Morgan fingerprint density at radius 2 is 1.85 bits per heavy atom. The van der Waals surface area contributed by atoms with Crippen molar-refractivity contribution in [2.45, 2.75) is 40.2 Å². The summed E-state index contributed by atoms with van der Waals surface area (Å²) in [6, 6.07) is 10.9. The number of nitrogens with zero attached hydrogens (tertiary/aromatic N) is 2. The van der Waals surface area contributed by atoms with Crippen molar-refractivity contribution in [1.29, 1.82) is 0 Å². The number of rotatable bonds is 6. The molecule has 0 saturated heterocycles. The first kappa shape index (κ1) is 15.1. The fourth-order valence-corrected chi connectivity index (χ4v) is 2.79. The molecule has 20 heavy (non-hydrogen) atoms. The molecule has 0 amide bonds. The molecule has 1 aromatic carbocycles. The Morgan fingerprint density at radius 1 is 1.15 bits per heavy atom. The molecule has 2 rings (SSSR count). The zero-order valence-corrected chi connectivity index (χ0v) is 13.3. The maximum atomic E-state index is 6.17. The Morgan fingerprint density at radius 3 is 2.45 bits per heavy atom. The van der Waals surface area contributed by atoms with Gasteiger partial charge < -0.3 is 0 Å². The molecule has 1 aromatic heterocycles. The quantitative estimate of drug-likeness (QED) is 0.731. The van der Waals surface area contributed by atoms with E-state index in [0.29, 0.717) is 11.8 Å². The summed E-state index contributed by atoms with van der Waals surface area (Å²) in [5.41, 5.74) is 5.05. The van der Waals surface area contributed by atoms with Crippen molar-refractivity contribution < 1.29 is 0 Å². The first-order chi connectivity index (χ1) is 9.62. The molecule has 2 aromatic rings. The second-order valence-corrected chi connectivity index (χ2v) is 5.82. The van der Waals surface area contributed by atoms with E-state index in [9.17, 15) is 0 Å². The Hall–Kier alpha value is -1.28. The molecule has 108 valence electrons. The highest BCUT2D eigenvalue weighted by molar-refractivity contribution is 6.18. The van der Waals surface area contributed by atoms with Gasteiger partial charge in [0.15, 0.2) is 0 Å². The number of aryl methyl sites for hydroxylation is 3. The lowest BCUT2D eigenvalue weighted by Crippen LogP contribution is -2.13. The summed E-state index contributed by atoms with van der Waals surface area (Å²) in [5.74, 6) is 1.14. The first-order valence-corrected chi connectivity index (χ1v) is 7.80. The van der Waals surface area contributed by atoms with Crippen LogP contribution in [0.3, 0.4) is 0 Å². The van der Waals surface area contributed by atoms with Gasteiger partial charge in [-0.1, -0.05) is 29.8 Å². The highest BCUT2D eigenvalue weighted by Crippen LogP contribution is 2.17. The predicted octanol–water partition coefficient (Wildman–Crippen LogP) is 4.16. The van der Waals surface area contributed by atoms with E-state index in [-0.39, 0.29) is 0 Å². The molecule has 1 heterocycles. The zero-order chi connectivity index (χ0) is 14.5. The van der Waals surface area contributed by atoms with Crippen molar-refractivity contribution in [3.05, 3.63) is 52.8 Å². The summed E-state index contributed by atoms with van der Waals surface area (Å²) in [6.07, 6.45) is 2.02. The molecule has 0 bridgehead atoms. The van der Waals surface area contributed by atoms with Crippen LogP contribution >= 0.6 is 11.6 Å². The van der Waals surface area contributed by atoms with Gasteiger partial charge >= 0.3 is 0 Å². The average Bonchev–Trinajstić information content (AvgIpc) is 2.80. The van der Waals surface area contributed by atoms with Gasteiger partial charge in [-0.2, -0.15) is 5.10 Å². The number of alkyl halides is 1. The molecule has 1 atom stereocenters. The molecule has 0 aliphatic rings. The molecule has 0 N–H and O–H groups in total. The molecule has 2 nitrogen and oxygen atoms in total. The number of hydrogen-bond donors (Lipinski definition) is 0. The van der Waals surface area contributed by atoms with Crippen LogP contribution in [0.1, 0.15) is 29.4 Å². The molecule has 0 spiro atoms. The monoisotopic (exact) mass is 290 g/mol. The molecule has 0 aliphatic heterocycles. The summed E-state index contributed by atoms with van der Waals surface area (Å²) in [7, 11) is 0. The number of aromatic nitrogens is 2. The smallest absolute Gasteiger partial charge is 0.0596 e. The van der Waals surface area contributed by atoms with Crippen molar-refractivity contribution in [2.24, 2.45) is 5.92 Å². The molecular weight excluding hydrogens is 268 g/mol. The van der Waals surface area contributed by atoms with Crippen molar-refractivity contribution in [1.82, 2.24) is 9.78 Å². The van der Waals surface area contributed by atoms with Crippen molar-refractivity contribution in [3.8, 4) is 0 Å². The number of halogens is 1. The highest BCUT2D eigenvalue weighted by atomic mass is 35.5. The van der Waals surface area contributed by atoms with Crippen molar-refractivity contribution in [2.75, 3.05) is 5.88 Å². The summed E-state index contributed by atoms with van der Waals surface area (Å²) >= 11 is 6.17. The number of hydrogen-bond acceptors (Lipinski definition) is 1. The lowest BCUT2D eigenvalue weighted by molar-refractivity contribution is 0.531. The summed E-state index contributed by atoms with van der Waals surface area (Å²) in [6.45, 7) is 7.21. The van der Waals surface area contributed by atoms with Crippen LogP contribution in [-0.4, -0.2) is 15.7 Å².